The molecule has 0 bridgehead atoms. The Balaban J connectivity index is 3.09. The zero-order valence-electron chi connectivity index (χ0n) is 10.2. The van der Waals surface area contributed by atoms with Crippen molar-refractivity contribution in [3.05, 3.63) is 21.0 Å². The van der Waals surface area contributed by atoms with Gasteiger partial charge in [-0.25, -0.2) is 4.98 Å². The van der Waals surface area contributed by atoms with Gasteiger partial charge < -0.3 is 9.47 Å². The van der Waals surface area contributed by atoms with Gasteiger partial charge in [0.25, 0.3) is 0 Å². The third-order valence-electron chi connectivity index (χ3n) is 2.01. The maximum atomic E-state index is 12.3. The van der Waals surface area contributed by atoms with E-state index < -0.39 is 18.1 Å². The van der Waals surface area contributed by atoms with Crippen LogP contribution in [0.5, 0.6) is 5.75 Å². The van der Waals surface area contributed by atoms with E-state index in [2.05, 4.69) is 9.72 Å². The van der Waals surface area contributed by atoms with E-state index >= 15 is 0 Å². The molecule has 0 spiro atoms. The van der Waals surface area contributed by atoms with Gasteiger partial charge in [0.15, 0.2) is 0 Å². The lowest BCUT2D eigenvalue weighted by Crippen LogP contribution is -2.20. The molecule has 0 N–H and O–H groups in total. The third kappa shape index (κ3) is 5.21. The van der Waals surface area contributed by atoms with Gasteiger partial charge in [-0.05, 0) is 36.4 Å². The number of hydrogen-bond donors (Lipinski definition) is 0. The molecule has 106 valence electrons. The highest BCUT2D eigenvalue weighted by atomic mass is 127. The minimum absolute atomic E-state index is 0.0713. The van der Waals surface area contributed by atoms with Gasteiger partial charge in [0.2, 0.25) is 0 Å². The van der Waals surface area contributed by atoms with Crippen LogP contribution in [0.1, 0.15) is 18.2 Å². The summed E-state index contributed by atoms with van der Waals surface area (Å²) >= 11 is 1.76. The largest absolute Gasteiger partial charge is 0.573 e. The van der Waals surface area contributed by atoms with Crippen LogP contribution in [0.4, 0.5) is 13.2 Å². The molecule has 0 aromatic carbocycles. The number of esters is 1. The summed E-state index contributed by atoms with van der Waals surface area (Å²) in [6, 6.07) is 1.14. The number of alkyl halides is 3. The molecule has 1 rings (SSSR count). The van der Waals surface area contributed by atoms with Crippen molar-refractivity contribution < 1.29 is 27.4 Å². The Bertz CT molecular complexity index is 477. The molecule has 1 aromatic heterocycles. The molecule has 0 aliphatic rings. The smallest absolute Gasteiger partial charge is 0.466 e. The van der Waals surface area contributed by atoms with Crippen LogP contribution in [-0.2, 0) is 16.0 Å². The zero-order valence-corrected chi connectivity index (χ0v) is 12.3. The topological polar surface area (TPSA) is 48.4 Å². The lowest BCUT2D eigenvalue weighted by atomic mass is 10.2. The van der Waals surface area contributed by atoms with Gasteiger partial charge in [0, 0.05) is 17.3 Å². The number of hydrogen-bond acceptors (Lipinski definition) is 4. The normalized spacial score (nSPS) is 11.3. The van der Waals surface area contributed by atoms with Crippen LogP contribution in [0.2, 0.25) is 0 Å². The molecule has 0 saturated carbocycles. The van der Waals surface area contributed by atoms with Crippen LogP contribution >= 0.6 is 22.6 Å². The molecule has 0 aliphatic carbocycles. The fourth-order valence-electron chi connectivity index (χ4n) is 1.37. The lowest BCUT2D eigenvalue weighted by molar-refractivity contribution is -0.275. The van der Waals surface area contributed by atoms with Gasteiger partial charge >= 0.3 is 12.3 Å². The van der Waals surface area contributed by atoms with E-state index in [9.17, 15) is 18.0 Å². The van der Waals surface area contributed by atoms with Crippen LogP contribution in [0.15, 0.2) is 6.07 Å². The fraction of sp³-hybridized carbons (Fsp3) is 0.455. The summed E-state index contributed by atoms with van der Waals surface area (Å²) in [5.74, 6) is -1.05. The van der Waals surface area contributed by atoms with Crippen molar-refractivity contribution in [2.75, 3.05) is 6.61 Å². The Hall–Kier alpha value is -1.06. The number of pyridine rings is 1. The SMILES string of the molecule is CCOC(=O)Cc1c(OC(F)(F)F)cc(C)nc1I. The lowest BCUT2D eigenvalue weighted by Gasteiger charge is -2.14. The quantitative estimate of drug-likeness (QED) is 0.452. The number of carbonyl (C=O) groups excluding carboxylic acids is 1. The predicted molar refractivity (Wildman–Crippen MR) is 68.7 cm³/mol. The number of aryl methyl sites for hydroxylation is 1. The number of rotatable bonds is 4. The maximum absolute atomic E-state index is 12.3. The van der Waals surface area contributed by atoms with Gasteiger partial charge in [-0.1, -0.05) is 0 Å². The molecule has 0 atom stereocenters. The fourth-order valence-corrected chi connectivity index (χ4v) is 2.20. The summed E-state index contributed by atoms with van der Waals surface area (Å²) in [4.78, 5) is 15.4. The number of nitrogens with zero attached hydrogens (tertiary/aromatic N) is 1. The van der Waals surface area contributed by atoms with Crippen LogP contribution in [-0.4, -0.2) is 23.9 Å². The first kappa shape index (κ1) is 16.0. The molecule has 19 heavy (non-hydrogen) atoms. The second-order valence-corrected chi connectivity index (χ2v) is 4.58. The number of aromatic nitrogens is 1. The minimum atomic E-state index is -4.82. The highest BCUT2D eigenvalue weighted by molar-refractivity contribution is 14.1. The second-order valence-electron chi connectivity index (χ2n) is 3.56. The predicted octanol–water partition coefficient (Wildman–Crippen LogP) is 3.00. The van der Waals surface area contributed by atoms with Gasteiger partial charge in [0.1, 0.15) is 9.45 Å². The van der Waals surface area contributed by atoms with Crippen molar-refractivity contribution >= 4 is 28.6 Å². The number of carbonyl (C=O) groups is 1. The van der Waals surface area contributed by atoms with Crippen molar-refractivity contribution in [2.45, 2.75) is 26.6 Å². The van der Waals surface area contributed by atoms with Crippen molar-refractivity contribution in [1.82, 2.24) is 4.98 Å². The van der Waals surface area contributed by atoms with Crippen LogP contribution in [0.3, 0.4) is 0 Å². The van der Waals surface area contributed by atoms with E-state index in [1.165, 1.54) is 0 Å². The van der Waals surface area contributed by atoms with Crippen molar-refractivity contribution in [2.24, 2.45) is 0 Å². The second kappa shape index (κ2) is 6.40. The Morgan fingerprint density at radius 3 is 2.63 bits per heavy atom. The van der Waals surface area contributed by atoms with E-state index in [4.69, 9.17) is 4.74 Å². The standard InChI is InChI=1S/C11H11F3INO3/c1-3-18-9(17)5-7-8(19-11(12,13)14)4-6(2)16-10(7)15/h4H,3,5H2,1-2H3. The molecule has 4 nitrogen and oxygen atoms in total. The van der Waals surface area contributed by atoms with E-state index in [0.717, 1.165) is 6.07 Å². The van der Waals surface area contributed by atoms with Gasteiger partial charge in [-0.15, -0.1) is 13.2 Å². The molecule has 0 fully saturated rings. The molecule has 0 aliphatic heterocycles. The van der Waals surface area contributed by atoms with Gasteiger partial charge in [-0.3, -0.25) is 4.79 Å². The molecule has 1 aromatic rings. The summed E-state index contributed by atoms with van der Waals surface area (Å²) in [6.07, 6.45) is -5.13. The van der Waals surface area contributed by atoms with Crippen molar-refractivity contribution in [3.63, 3.8) is 0 Å². The third-order valence-corrected chi connectivity index (χ3v) is 2.91. The molecule has 0 amide bonds. The summed E-state index contributed by atoms with van der Waals surface area (Å²) in [7, 11) is 0. The molecule has 8 heteroatoms. The zero-order chi connectivity index (χ0) is 14.6. The average Bonchev–Trinajstić information content (AvgIpc) is 2.21. The Morgan fingerprint density at radius 1 is 1.47 bits per heavy atom. The van der Waals surface area contributed by atoms with E-state index in [1.807, 2.05) is 0 Å². The van der Waals surface area contributed by atoms with Crippen LogP contribution in [0, 0.1) is 10.6 Å². The summed E-state index contributed by atoms with van der Waals surface area (Å²) in [5, 5.41) is 0. The summed E-state index contributed by atoms with van der Waals surface area (Å²) in [6.45, 7) is 3.31. The Labute approximate surface area is 121 Å². The first-order valence-corrected chi connectivity index (χ1v) is 6.38. The Morgan fingerprint density at radius 2 is 2.11 bits per heavy atom. The average molecular weight is 389 g/mol. The van der Waals surface area contributed by atoms with Crippen LogP contribution < -0.4 is 4.74 Å². The number of ether oxygens (including phenoxy) is 2. The monoisotopic (exact) mass is 389 g/mol. The molecular weight excluding hydrogens is 378 g/mol. The first-order valence-electron chi connectivity index (χ1n) is 5.30. The molecular formula is C11H11F3INO3. The van der Waals surface area contributed by atoms with E-state index in [0.29, 0.717) is 5.69 Å². The van der Waals surface area contributed by atoms with Crippen LogP contribution in [0.25, 0.3) is 0 Å². The summed E-state index contributed by atoms with van der Waals surface area (Å²) < 4.78 is 45.8. The van der Waals surface area contributed by atoms with E-state index in [1.54, 1.807) is 36.4 Å². The molecule has 0 saturated heterocycles. The molecule has 0 radical (unpaired) electrons. The van der Waals surface area contributed by atoms with Gasteiger partial charge in [0.05, 0.1) is 13.0 Å². The van der Waals surface area contributed by atoms with E-state index in [-0.39, 0.29) is 22.3 Å². The first-order chi connectivity index (χ1) is 8.73. The highest BCUT2D eigenvalue weighted by Gasteiger charge is 2.33. The minimum Gasteiger partial charge on any atom is -0.466 e. The van der Waals surface area contributed by atoms with Crippen molar-refractivity contribution in [1.29, 1.82) is 0 Å². The maximum Gasteiger partial charge on any atom is 0.573 e. The van der Waals surface area contributed by atoms with Crippen molar-refractivity contribution in [3.8, 4) is 5.75 Å². The highest BCUT2D eigenvalue weighted by Crippen LogP contribution is 2.30. The molecule has 1 heterocycles. The van der Waals surface area contributed by atoms with Gasteiger partial charge in [-0.2, -0.15) is 0 Å². The molecule has 0 unspecified atom stereocenters. The Kier molecular flexibility index (Phi) is 5.39. The summed E-state index contributed by atoms with van der Waals surface area (Å²) in [5.41, 5.74) is 0.443. The number of halogens is 4.